The van der Waals surface area contributed by atoms with Gasteiger partial charge in [-0.3, -0.25) is 4.68 Å². The van der Waals surface area contributed by atoms with E-state index in [0.717, 1.165) is 24.1 Å². The summed E-state index contributed by atoms with van der Waals surface area (Å²) in [5.41, 5.74) is 1.97. The van der Waals surface area contributed by atoms with Crippen molar-refractivity contribution in [2.45, 2.75) is 45.1 Å². The van der Waals surface area contributed by atoms with Gasteiger partial charge in [0.2, 0.25) is 0 Å². The summed E-state index contributed by atoms with van der Waals surface area (Å²) in [5, 5.41) is 4.46. The highest BCUT2D eigenvalue weighted by atomic mass is 19.1. The van der Waals surface area contributed by atoms with E-state index in [9.17, 15) is 9.18 Å². The molecule has 122 valence electrons. The molecule has 0 amide bonds. The topological polar surface area (TPSA) is 44.1 Å². The van der Waals surface area contributed by atoms with Gasteiger partial charge in [0.05, 0.1) is 24.5 Å². The number of halogens is 1. The van der Waals surface area contributed by atoms with Crippen LogP contribution in [0.25, 0.3) is 11.3 Å². The lowest BCUT2D eigenvalue weighted by atomic mass is 9.95. The SMILES string of the molecule is CCOC(=O)c1cnn(C2CCCCC2)c1-c1ccc(F)cc1. The molecule has 0 N–H and O–H groups in total. The second kappa shape index (κ2) is 6.94. The van der Waals surface area contributed by atoms with Crippen LogP contribution in [0.1, 0.15) is 55.4 Å². The van der Waals surface area contributed by atoms with E-state index in [4.69, 9.17) is 4.74 Å². The van der Waals surface area contributed by atoms with E-state index in [1.807, 2.05) is 4.68 Å². The first kappa shape index (κ1) is 15.7. The maximum Gasteiger partial charge on any atom is 0.341 e. The molecule has 1 saturated carbocycles. The average Bonchev–Trinajstić information content (AvgIpc) is 3.01. The van der Waals surface area contributed by atoms with Gasteiger partial charge < -0.3 is 4.74 Å². The molecule has 0 aliphatic heterocycles. The van der Waals surface area contributed by atoms with Crippen LogP contribution in [0, 0.1) is 5.82 Å². The predicted octanol–water partition coefficient (Wildman–Crippen LogP) is 4.37. The Bertz CT molecular complexity index is 673. The summed E-state index contributed by atoms with van der Waals surface area (Å²) in [6.45, 7) is 2.09. The Labute approximate surface area is 135 Å². The lowest BCUT2D eigenvalue weighted by Gasteiger charge is -2.24. The molecular weight excluding hydrogens is 295 g/mol. The number of ether oxygens (including phenoxy) is 1. The van der Waals surface area contributed by atoms with Gasteiger partial charge in [0, 0.05) is 5.56 Å². The van der Waals surface area contributed by atoms with Crippen LogP contribution in [0.3, 0.4) is 0 Å². The van der Waals surface area contributed by atoms with Crippen molar-refractivity contribution in [1.82, 2.24) is 9.78 Å². The molecule has 1 aliphatic carbocycles. The summed E-state index contributed by atoms with van der Waals surface area (Å²) in [7, 11) is 0. The molecule has 1 aromatic heterocycles. The molecule has 1 heterocycles. The summed E-state index contributed by atoms with van der Waals surface area (Å²) in [4.78, 5) is 12.3. The number of benzene rings is 1. The van der Waals surface area contributed by atoms with Gasteiger partial charge in [-0.05, 0) is 44.0 Å². The largest absolute Gasteiger partial charge is 0.462 e. The molecule has 5 heteroatoms. The van der Waals surface area contributed by atoms with E-state index in [0.29, 0.717) is 12.2 Å². The fourth-order valence-corrected chi connectivity index (χ4v) is 3.22. The van der Waals surface area contributed by atoms with Gasteiger partial charge >= 0.3 is 5.97 Å². The van der Waals surface area contributed by atoms with Gasteiger partial charge in [-0.15, -0.1) is 0 Å². The molecule has 0 radical (unpaired) electrons. The predicted molar refractivity (Wildman–Crippen MR) is 85.7 cm³/mol. The number of nitrogens with zero attached hydrogens (tertiary/aromatic N) is 2. The van der Waals surface area contributed by atoms with Crippen molar-refractivity contribution in [2.75, 3.05) is 6.61 Å². The Morgan fingerprint density at radius 1 is 1.26 bits per heavy atom. The quantitative estimate of drug-likeness (QED) is 0.787. The van der Waals surface area contributed by atoms with Gasteiger partial charge in [-0.1, -0.05) is 19.3 Å². The van der Waals surface area contributed by atoms with E-state index in [1.165, 1.54) is 31.4 Å². The highest BCUT2D eigenvalue weighted by molar-refractivity contribution is 5.96. The maximum absolute atomic E-state index is 13.2. The zero-order chi connectivity index (χ0) is 16.2. The van der Waals surface area contributed by atoms with E-state index < -0.39 is 0 Å². The van der Waals surface area contributed by atoms with Crippen molar-refractivity contribution in [1.29, 1.82) is 0 Å². The van der Waals surface area contributed by atoms with Crippen LogP contribution in [-0.2, 0) is 4.74 Å². The third-order valence-electron chi connectivity index (χ3n) is 4.33. The van der Waals surface area contributed by atoms with E-state index in [-0.39, 0.29) is 17.8 Å². The molecule has 3 rings (SSSR count). The monoisotopic (exact) mass is 316 g/mol. The number of esters is 1. The standard InChI is InChI=1S/C18H21FN2O2/c1-2-23-18(22)16-12-20-21(15-6-4-3-5-7-15)17(16)13-8-10-14(19)11-9-13/h8-12,15H,2-7H2,1H3. The van der Waals surface area contributed by atoms with Crippen LogP contribution in [-0.4, -0.2) is 22.4 Å². The Morgan fingerprint density at radius 3 is 2.61 bits per heavy atom. The fraction of sp³-hybridized carbons (Fsp3) is 0.444. The van der Waals surface area contributed by atoms with E-state index in [2.05, 4.69) is 5.10 Å². The number of carbonyl (C=O) groups is 1. The third kappa shape index (κ3) is 3.28. The third-order valence-corrected chi connectivity index (χ3v) is 4.33. The molecule has 0 bridgehead atoms. The van der Waals surface area contributed by atoms with Crippen LogP contribution in [0.15, 0.2) is 30.5 Å². The van der Waals surface area contributed by atoms with E-state index in [1.54, 1.807) is 25.3 Å². The zero-order valence-corrected chi connectivity index (χ0v) is 13.3. The summed E-state index contributed by atoms with van der Waals surface area (Å²) >= 11 is 0. The van der Waals surface area contributed by atoms with Gasteiger partial charge in [0.15, 0.2) is 0 Å². The summed E-state index contributed by atoms with van der Waals surface area (Å²) in [6, 6.07) is 6.47. The Kier molecular flexibility index (Phi) is 4.74. The smallest absolute Gasteiger partial charge is 0.341 e. The Morgan fingerprint density at radius 2 is 1.96 bits per heavy atom. The minimum Gasteiger partial charge on any atom is -0.462 e. The number of hydrogen-bond acceptors (Lipinski definition) is 3. The van der Waals surface area contributed by atoms with Gasteiger partial charge in [0.1, 0.15) is 11.4 Å². The van der Waals surface area contributed by atoms with Crippen molar-refractivity contribution in [3.8, 4) is 11.3 Å². The maximum atomic E-state index is 13.2. The van der Waals surface area contributed by atoms with Crippen molar-refractivity contribution in [2.24, 2.45) is 0 Å². The Hall–Kier alpha value is -2.17. The van der Waals surface area contributed by atoms with Gasteiger partial charge in [0.25, 0.3) is 0 Å². The molecule has 1 fully saturated rings. The minimum absolute atomic E-state index is 0.284. The number of carbonyl (C=O) groups excluding carboxylic acids is 1. The first-order chi connectivity index (χ1) is 11.2. The second-order valence-electron chi connectivity index (χ2n) is 5.87. The van der Waals surface area contributed by atoms with Crippen molar-refractivity contribution < 1.29 is 13.9 Å². The van der Waals surface area contributed by atoms with Crippen LogP contribution in [0.2, 0.25) is 0 Å². The first-order valence-corrected chi connectivity index (χ1v) is 8.21. The van der Waals surface area contributed by atoms with Crippen molar-refractivity contribution in [3.05, 3.63) is 41.8 Å². The highest BCUT2D eigenvalue weighted by Gasteiger charge is 2.25. The fourth-order valence-electron chi connectivity index (χ4n) is 3.22. The first-order valence-electron chi connectivity index (χ1n) is 8.21. The van der Waals surface area contributed by atoms with Crippen LogP contribution in [0.4, 0.5) is 4.39 Å². The van der Waals surface area contributed by atoms with Crippen molar-refractivity contribution >= 4 is 5.97 Å². The van der Waals surface area contributed by atoms with Gasteiger partial charge in [-0.2, -0.15) is 5.10 Å². The number of hydrogen-bond donors (Lipinski definition) is 0. The molecule has 0 unspecified atom stereocenters. The lowest BCUT2D eigenvalue weighted by molar-refractivity contribution is 0.0527. The second-order valence-corrected chi connectivity index (χ2v) is 5.87. The molecule has 0 atom stereocenters. The van der Waals surface area contributed by atoms with Gasteiger partial charge in [-0.25, -0.2) is 9.18 Å². The molecule has 0 spiro atoms. The highest BCUT2D eigenvalue weighted by Crippen LogP contribution is 2.34. The molecular formula is C18H21FN2O2. The zero-order valence-electron chi connectivity index (χ0n) is 13.3. The summed E-state index contributed by atoms with van der Waals surface area (Å²) in [6.07, 6.45) is 7.26. The lowest BCUT2D eigenvalue weighted by Crippen LogP contribution is -2.16. The molecule has 23 heavy (non-hydrogen) atoms. The Balaban J connectivity index is 2.05. The van der Waals surface area contributed by atoms with Crippen LogP contribution >= 0.6 is 0 Å². The van der Waals surface area contributed by atoms with E-state index >= 15 is 0 Å². The van der Waals surface area contributed by atoms with Crippen LogP contribution < -0.4 is 0 Å². The molecule has 1 aliphatic rings. The number of aromatic nitrogens is 2. The molecule has 4 nitrogen and oxygen atoms in total. The minimum atomic E-state index is -0.381. The average molecular weight is 316 g/mol. The summed E-state index contributed by atoms with van der Waals surface area (Å²) in [5.74, 6) is -0.677. The van der Waals surface area contributed by atoms with Crippen LogP contribution in [0.5, 0.6) is 0 Å². The molecule has 1 aromatic carbocycles. The normalized spacial score (nSPS) is 15.6. The number of rotatable bonds is 4. The molecule has 2 aromatic rings. The summed E-state index contributed by atoms with van der Waals surface area (Å²) < 4.78 is 20.3. The molecule has 0 saturated heterocycles. The van der Waals surface area contributed by atoms with Crippen molar-refractivity contribution in [3.63, 3.8) is 0 Å².